The van der Waals surface area contributed by atoms with Gasteiger partial charge >= 0.3 is 0 Å². The predicted molar refractivity (Wildman–Crippen MR) is 147 cm³/mol. The topological polar surface area (TPSA) is 86.8 Å². The van der Waals surface area contributed by atoms with Crippen molar-refractivity contribution in [1.29, 1.82) is 0 Å². The lowest BCUT2D eigenvalue weighted by molar-refractivity contribution is -0.139. The van der Waals surface area contributed by atoms with Gasteiger partial charge in [-0.2, -0.15) is 0 Å². The van der Waals surface area contributed by atoms with Crippen LogP contribution < -0.4 is 9.62 Å². The van der Waals surface area contributed by atoms with Gasteiger partial charge in [-0.25, -0.2) is 8.42 Å². The minimum Gasteiger partial charge on any atom is -0.354 e. The van der Waals surface area contributed by atoms with Gasteiger partial charge in [-0.15, -0.1) is 0 Å². The molecule has 0 heterocycles. The molecule has 0 saturated heterocycles. The molecule has 1 atom stereocenters. The normalized spacial score (nSPS) is 12.6. The monoisotopic (exact) mass is 535 g/mol. The zero-order valence-electron chi connectivity index (χ0n) is 22.0. The Morgan fingerprint density at radius 1 is 1.08 bits per heavy atom. The Morgan fingerprint density at radius 2 is 1.72 bits per heavy atom. The molecular weight excluding hydrogens is 498 g/mol. The van der Waals surface area contributed by atoms with Crippen LogP contribution in [0.15, 0.2) is 48.5 Å². The van der Waals surface area contributed by atoms with Gasteiger partial charge in [0, 0.05) is 18.1 Å². The van der Waals surface area contributed by atoms with Crippen molar-refractivity contribution in [2.24, 2.45) is 0 Å². The van der Waals surface area contributed by atoms with Crippen LogP contribution in [-0.4, -0.2) is 50.5 Å². The van der Waals surface area contributed by atoms with Gasteiger partial charge in [0.25, 0.3) is 0 Å². The van der Waals surface area contributed by atoms with E-state index in [4.69, 9.17) is 11.6 Å². The number of benzene rings is 2. The molecule has 36 heavy (non-hydrogen) atoms. The quantitative estimate of drug-likeness (QED) is 0.421. The fourth-order valence-electron chi connectivity index (χ4n) is 3.69. The highest BCUT2D eigenvalue weighted by Crippen LogP contribution is 2.26. The van der Waals surface area contributed by atoms with Crippen LogP contribution in [0.5, 0.6) is 0 Å². The third-order valence-corrected chi connectivity index (χ3v) is 7.31. The molecule has 2 rings (SSSR count). The van der Waals surface area contributed by atoms with E-state index in [9.17, 15) is 18.0 Å². The summed E-state index contributed by atoms with van der Waals surface area (Å²) in [5.41, 5.74) is 2.08. The van der Waals surface area contributed by atoms with Gasteiger partial charge in [-0.1, -0.05) is 70.0 Å². The van der Waals surface area contributed by atoms with Crippen LogP contribution in [0.25, 0.3) is 0 Å². The third kappa shape index (κ3) is 8.52. The number of hydrogen-bond acceptors (Lipinski definition) is 4. The molecule has 0 bridgehead atoms. The Labute approximate surface area is 220 Å². The molecule has 0 radical (unpaired) electrons. The molecule has 0 aliphatic heterocycles. The summed E-state index contributed by atoms with van der Waals surface area (Å²) in [7, 11) is -3.77. The Kier molecular flexibility index (Phi) is 10.4. The number of anilines is 1. The molecule has 7 nitrogen and oxygen atoms in total. The average Bonchev–Trinajstić information content (AvgIpc) is 2.79. The number of nitrogens with one attached hydrogen (secondary N) is 1. The summed E-state index contributed by atoms with van der Waals surface area (Å²) in [4.78, 5) is 27.8. The summed E-state index contributed by atoms with van der Waals surface area (Å²) in [5.74, 6) is -0.780. The number of rotatable bonds is 11. The first-order valence-electron chi connectivity index (χ1n) is 12.1. The van der Waals surface area contributed by atoms with Gasteiger partial charge in [-0.3, -0.25) is 13.9 Å². The lowest BCUT2D eigenvalue weighted by atomic mass is 9.87. The molecule has 0 aliphatic carbocycles. The van der Waals surface area contributed by atoms with E-state index in [2.05, 4.69) is 26.1 Å². The predicted octanol–water partition coefficient (Wildman–Crippen LogP) is 4.74. The minimum absolute atomic E-state index is 0.0986. The van der Waals surface area contributed by atoms with Crippen molar-refractivity contribution in [3.63, 3.8) is 0 Å². The van der Waals surface area contributed by atoms with Gasteiger partial charge in [0.05, 0.1) is 11.9 Å². The lowest BCUT2D eigenvalue weighted by Crippen LogP contribution is -2.51. The molecule has 0 unspecified atom stereocenters. The number of nitrogens with zero attached hydrogens (tertiary/aromatic N) is 2. The molecular formula is C27H38ClN3O4S. The number of amides is 2. The molecule has 2 aromatic rings. The molecule has 9 heteroatoms. The number of unbranched alkanes of at least 4 members (excludes halogenated alkanes) is 1. The van der Waals surface area contributed by atoms with Crippen molar-refractivity contribution in [3.8, 4) is 0 Å². The fourth-order valence-corrected chi connectivity index (χ4v) is 4.75. The van der Waals surface area contributed by atoms with Crippen molar-refractivity contribution < 1.29 is 18.0 Å². The summed E-state index contributed by atoms with van der Waals surface area (Å²) in [6.07, 6.45) is 2.82. The molecule has 198 valence electrons. The highest BCUT2D eigenvalue weighted by atomic mass is 35.5. The van der Waals surface area contributed by atoms with Gasteiger partial charge in [-0.05, 0) is 54.2 Å². The second-order valence-corrected chi connectivity index (χ2v) is 12.4. The number of hydrogen-bond donors (Lipinski definition) is 1. The Hall–Kier alpha value is -2.58. The SMILES string of the molecule is CCCCNC(=O)[C@H](C)N(Cc1cccc(Cl)c1)C(=O)CN(c1ccc(C(C)(C)C)cc1)S(C)(=O)=O. The number of halogens is 1. The molecule has 0 fully saturated rings. The molecule has 0 spiro atoms. The van der Waals surface area contributed by atoms with Gasteiger partial charge in [0.1, 0.15) is 12.6 Å². The lowest BCUT2D eigenvalue weighted by Gasteiger charge is -2.31. The number of carbonyl (C=O) groups is 2. The van der Waals surface area contributed by atoms with Gasteiger partial charge in [0.15, 0.2) is 0 Å². The minimum atomic E-state index is -3.77. The maximum Gasteiger partial charge on any atom is 0.244 e. The van der Waals surface area contributed by atoms with Crippen molar-refractivity contribution in [2.45, 2.75) is 65.5 Å². The van der Waals surface area contributed by atoms with Crippen molar-refractivity contribution in [1.82, 2.24) is 10.2 Å². The smallest absolute Gasteiger partial charge is 0.244 e. The zero-order valence-corrected chi connectivity index (χ0v) is 23.6. The molecule has 2 amide bonds. The first-order valence-corrected chi connectivity index (χ1v) is 14.4. The fraction of sp³-hybridized carbons (Fsp3) is 0.481. The van der Waals surface area contributed by atoms with Crippen LogP contribution in [0.3, 0.4) is 0 Å². The van der Waals surface area contributed by atoms with Crippen LogP contribution >= 0.6 is 11.6 Å². The van der Waals surface area contributed by atoms with Crippen molar-refractivity contribution in [3.05, 3.63) is 64.7 Å². The second kappa shape index (κ2) is 12.6. The highest BCUT2D eigenvalue weighted by Gasteiger charge is 2.30. The van der Waals surface area contributed by atoms with E-state index in [1.54, 1.807) is 37.3 Å². The van der Waals surface area contributed by atoms with Crippen LogP contribution in [0.4, 0.5) is 5.69 Å². The molecule has 0 aliphatic rings. The first-order chi connectivity index (χ1) is 16.7. The zero-order chi connectivity index (χ0) is 27.1. The average molecular weight is 536 g/mol. The largest absolute Gasteiger partial charge is 0.354 e. The van der Waals surface area contributed by atoms with Crippen LogP contribution in [0.2, 0.25) is 5.02 Å². The van der Waals surface area contributed by atoms with Crippen molar-refractivity contribution >= 4 is 39.1 Å². The maximum absolute atomic E-state index is 13.6. The summed E-state index contributed by atoms with van der Waals surface area (Å²) in [6.45, 7) is 10.1. The molecule has 2 aromatic carbocycles. The van der Waals surface area contributed by atoms with Crippen molar-refractivity contribution in [2.75, 3.05) is 23.7 Å². The van der Waals surface area contributed by atoms with E-state index in [1.807, 2.05) is 25.1 Å². The molecule has 0 saturated carbocycles. The Balaban J connectivity index is 2.36. The van der Waals surface area contributed by atoms with E-state index >= 15 is 0 Å². The maximum atomic E-state index is 13.6. The van der Waals surface area contributed by atoms with E-state index in [1.165, 1.54) is 4.90 Å². The highest BCUT2D eigenvalue weighted by molar-refractivity contribution is 7.92. The van der Waals surface area contributed by atoms with E-state index in [-0.39, 0.29) is 17.9 Å². The second-order valence-electron chi connectivity index (χ2n) is 10.0. The first kappa shape index (κ1) is 29.6. The van der Waals surface area contributed by atoms with Crippen LogP contribution in [0.1, 0.15) is 58.6 Å². The van der Waals surface area contributed by atoms with E-state index in [0.29, 0.717) is 17.3 Å². The standard InChI is InChI=1S/C27H38ClN3O4S/c1-7-8-16-29-26(33)20(2)30(18-21-10-9-11-23(28)17-21)25(32)19-31(36(6,34)35)24-14-12-22(13-15-24)27(3,4)5/h9-15,17,20H,7-8,16,18-19H2,1-6H3,(H,29,33)/t20-/m0/s1. The summed E-state index contributed by atoms with van der Waals surface area (Å²) in [6, 6.07) is 13.4. The number of carbonyl (C=O) groups excluding carboxylic acids is 2. The molecule has 0 aromatic heterocycles. The third-order valence-electron chi connectivity index (χ3n) is 5.94. The molecule has 1 N–H and O–H groups in total. The summed E-state index contributed by atoms with van der Waals surface area (Å²) < 4.78 is 26.5. The van der Waals surface area contributed by atoms with E-state index in [0.717, 1.165) is 34.5 Å². The van der Waals surface area contributed by atoms with Crippen LogP contribution in [0, 0.1) is 0 Å². The van der Waals surface area contributed by atoms with E-state index < -0.39 is 28.5 Å². The van der Waals surface area contributed by atoms with Crippen LogP contribution in [-0.2, 0) is 31.6 Å². The summed E-state index contributed by atoms with van der Waals surface area (Å²) in [5, 5.41) is 3.37. The van der Waals surface area contributed by atoms with Gasteiger partial charge < -0.3 is 10.2 Å². The van der Waals surface area contributed by atoms with Gasteiger partial charge in [0.2, 0.25) is 21.8 Å². The Bertz CT molecular complexity index is 1140. The Morgan fingerprint density at radius 3 is 2.25 bits per heavy atom. The number of sulfonamides is 1. The summed E-state index contributed by atoms with van der Waals surface area (Å²) >= 11 is 6.13.